The van der Waals surface area contributed by atoms with Gasteiger partial charge in [0, 0.05) is 41.8 Å². The number of nitrogens with one attached hydrogen (secondary N) is 2. The average Bonchev–Trinajstić information content (AvgIpc) is 3.63. The molecule has 2 heterocycles. The molecular formula is C48H60N4O6S. The molecule has 0 spiro atoms. The maximum absolute atomic E-state index is 14.0. The van der Waals surface area contributed by atoms with Crippen molar-refractivity contribution in [2.45, 2.75) is 97.6 Å². The number of rotatable bonds is 18. The number of benzene rings is 3. The van der Waals surface area contributed by atoms with E-state index in [0.29, 0.717) is 40.0 Å². The van der Waals surface area contributed by atoms with Crippen molar-refractivity contribution in [1.29, 1.82) is 0 Å². The van der Waals surface area contributed by atoms with Gasteiger partial charge in [-0.1, -0.05) is 50.2 Å². The van der Waals surface area contributed by atoms with Gasteiger partial charge in [-0.15, -0.1) is 11.3 Å². The van der Waals surface area contributed by atoms with E-state index in [1.165, 1.54) is 23.3 Å². The Hall–Kier alpha value is -4.84. The highest BCUT2D eigenvalue weighted by Crippen LogP contribution is 2.39. The summed E-state index contributed by atoms with van der Waals surface area (Å²) in [6.45, 7) is 11.1. The first kappa shape index (κ1) is 43.7. The van der Waals surface area contributed by atoms with E-state index in [2.05, 4.69) is 40.3 Å². The monoisotopic (exact) mass is 820 g/mol. The van der Waals surface area contributed by atoms with Gasteiger partial charge in [-0.2, -0.15) is 0 Å². The largest absolute Gasteiger partial charge is 0.466 e. The highest BCUT2D eigenvalue weighted by atomic mass is 32.1. The van der Waals surface area contributed by atoms with Crippen molar-refractivity contribution in [2.24, 2.45) is 5.92 Å². The number of fused-ring (bicyclic) bond motifs is 1. The Morgan fingerprint density at radius 2 is 1.49 bits per heavy atom. The molecule has 0 radical (unpaired) electrons. The van der Waals surface area contributed by atoms with Gasteiger partial charge in [-0.3, -0.25) is 19.3 Å². The molecule has 11 heteroatoms. The Bertz CT molecular complexity index is 2030. The number of carbonyl (C=O) groups excluding carboxylic acids is 4. The van der Waals surface area contributed by atoms with Crippen LogP contribution in [0.3, 0.4) is 0 Å². The normalized spacial score (nSPS) is 14.5. The lowest BCUT2D eigenvalue weighted by molar-refractivity contribution is -0.149. The second-order valence-corrected chi connectivity index (χ2v) is 16.8. The van der Waals surface area contributed by atoms with Crippen LogP contribution in [-0.4, -0.2) is 79.5 Å². The highest BCUT2D eigenvalue weighted by Gasteiger charge is 2.28. The fraction of sp³-hybridized carbons (Fsp3) is 0.458. The molecule has 59 heavy (non-hydrogen) atoms. The van der Waals surface area contributed by atoms with E-state index in [1.807, 2.05) is 61.5 Å². The third-order valence-corrected chi connectivity index (χ3v) is 13.1. The summed E-state index contributed by atoms with van der Waals surface area (Å²) in [4.78, 5) is 58.1. The van der Waals surface area contributed by atoms with Gasteiger partial charge in [0.15, 0.2) is 0 Å². The molecule has 4 aromatic rings. The lowest BCUT2D eigenvalue weighted by atomic mass is 9.95. The molecule has 1 fully saturated rings. The molecule has 1 aliphatic heterocycles. The Morgan fingerprint density at radius 1 is 0.814 bits per heavy atom. The molecule has 3 aromatic carbocycles. The van der Waals surface area contributed by atoms with Gasteiger partial charge >= 0.3 is 11.9 Å². The number of piperidine rings is 1. The fourth-order valence-corrected chi connectivity index (χ4v) is 9.68. The van der Waals surface area contributed by atoms with E-state index in [9.17, 15) is 19.2 Å². The first-order chi connectivity index (χ1) is 28.7. The number of hydrogen-bond acceptors (Lipinski definition) is 9. The lowest BCUT2D eigenvalue weighted by Crippen LogP contribution is -2.43. The van der Waals surface area contributed by atoms with E-state index < -0.39 is 0 Å². The molecule has 314 valence electrons. The maximum atomic E-state index is 14.0. The Kier molecular flexibility index (Phi) is 15.9. The molecule has 6 rings (SSSR count). The average molecular weight is 821 g/mol. The third kappa shape index (κ3) is 11.7. The van der Waals surface area contributed by atoms with Gasteiger partial charge < -0.3 is 25.0 Å². The molecule has 1 aliphatic carbocycles. The number of amides is 2. The number of nitrogens with zero attached hydrogens (tertiary/aromatic N) is 2. The van der Waals surface area contributed by atoms with Crippen molar-refractivity contribution in [1.82, 2.24) is 9.80 Å². The first-order valence-electron chi connectivity index (χ1n) is 21.4. The lowest BCUT2D eigenvalue weighted by Gasteiger charge is -2.35. The van der Waals surface area contributed by atoms with E-state index in [4.69, 9.17) is 9.47 Å². The van der Waals surface area contributed by atoms with Crippen LogP contribution in [0, 0.1) is 5.92 Å². The summed E-state index contributed by atoms with van der Waals surface area (Å²) in [6.07, 6.45) is 9.18. The first-order valence-corrected chi connectivity index (χ1v) is 22.3. The zero-order valence-electron chi connectivity index (χ0n) is 35.1. The van der Waals surface area contributed by atoms with E-state index in [0.717, 1.165) is 119 Å². The van der Waals surface area contributed by atoms with Crippen LogP contribution in [-0.2, 0) is 46.5 Å². The molecule has 1 aromatic heterocycles. The standard InChI is InChI=1S/C48H60N4O6S/c1-5-40(6-2)52(30-29-51-27-25-37(26-28-51)48(56)58-7-3)32-35-11-10-12-38(31-35)44(53)50-46-43(41-13-8-9-14-42(41)59-46)45(54)49-39-23-19-34(20-24-39)16-15-33-17-21-36(22-18-33)47(55)57-4/h10-12,17-24,31,37,40H,5-9,13-16,25-30,32H2,1-4H3,(H,49,54)(H,50,53). The zero-order chi connectivity index (χ0) is 41.7. The number of anilines is 2. The molecule has 0 atom stereocenters. The highest BCUT2D eigenvalue weighted by molar-refractivity contribution is 7.17. The Morgan fingerprint density at radius 3 is 2.15 bits per heavy atom. The minimum absolute atomic E-state index is 0.00223. The Labute approximate surface area is 353 Å². The molecule has 0 saturated carbocycles. The molecule has 1 saturated heterocycles. The number of hydrogen-bond donors (Lipinski definition) is 2. The summed E-state index contributed by atoms with van der Waals surface area (Å²) < 4.78 is 10.1. The number of methoxy groups -OCH3 is 1. The second-order valence-electron chi connectivity index (χ2n) is 15.7. The van der Waals surface area contributed by atoms with E-state index >= 15 is 0 Å². The van der Waals surface area contributed by atoms with Crippen LogP contribution < -0.4 is 10.6 Å². The summed E-state index contributed by atoms with van der Waals surface area (Å²) in [5.41, 5.74) is 6.75. The predicted octanol–water partition coefficient (Wildman–Crippen LogP) is 8.97. The second kappa shape index (κ2) is 21.4. The predicted molar refractivity (Wildman–Crippen MR) is 236 cm³/mol. The fourth-order valence-electron chi connectivity index (χ4n) is 8.40. The number of ether oxygens (including phenoxy) is 2. The van der Waals surface area contributed by atoms with Crippen LogP contribution in [0.25, 0.3) is 0 Å². The number of esters is 2. The summed E-state index contributed by atoms with van der Waals surface area (Å²) in [5, 5.41) is 6.87. The van der Waals surface area contributed by atoms with Crippen molar-refractivity contribution < 1.29 is 28.7 Å². The zero-order valence-corrected chi connectivity index (χ0v) is 36.0. The smallest absolute Gasteiger partial charge is 0.337 e. The van der Waals surface area contributed by atoms with Crippen molar-refractivity contribution in [3.63, 3.8) is 0 Å². The van der Waals surface area contributed by atoms with E-state index in [-0.39, 0.29) is 29.7 Å². The molecule has 0 bridgehead atoms. The van der Waals surface area contributed by atoms with Crippen LogP contribution in [0.2, 0.25) is 0 Å². The summed E-state index contributed by atoms with van der Waals surface area (Å²) in [7, 11) is 1.38. The Balaban J connectivity index is 1.08. The third-order valence-electron chi connectivity index (χ3n) is 11.9. The van der Waals surface area contributed by atoms with Crippen LogP contribution in [0.1, 0.15) is 118 Å². The van der Waals surface area contributed by atoms with Crippen molar-refractivity contribution in [3.8, 4) is 0 Å². The van der Waals surface area contributed by atoms with Gasteiger partial charge in [0.1, 0.15) is 5.00 Å². The topological polar surface area (TPSA) is 117 Å². The minimum Gasteiger partial charge on any atom is -0.466 e. The number of thiophene rings is 1. The summed E-state index contributed by atoms with van der Waals surface area (Å²) >= 11 is 1.53. The van der Waals surface area contributed by atoms with Crippen molar-refractivity contribution in [2.75, 3.05) is 50.5 Å². The quantitative estimate of drug-likeness (QED) is 0.0957. The van der Waals surface area contributed by atoms with Crippen LogP contribution in [0.5, 0.6) is 0 Å². The number of carbonyl (C=O) groups is 4. The van der Waals surface area contributed by atoms with Gasteiger partial charge in [-0.25, -0.2) is 4.79 Å². The van der Waals surface area contributed by atoms with E-state index in [1.54, 1.807) is 12.1 Å². The number of likely N-dealkylation sites (tertiary alicyclic amines) is 1. The molecule has 10 nitrogen and oxygen atoms in total. The summed E-state index contributed by atoms with van der Waals surface area (Å²) in [5.74, 6) is -0.839. The van der Waals surface area contributed by atoms with Gasteiger partial charge in [0.05, 0.1) is 30.8 Å². The van der Waals surface area contributed by atoms with Crippen LogP contribution in [0.15, 0.2) is 72.8 Å². The van der Waals surface area contributed by atoms with Crippen molar-refractivity contribution in [3.05, 3.63) is 117 Å². The van der Waals surface area contributed by atoms with Crippen LogP contribution >= 0.6 is 11.3 Å². The maximum Gasteiger partial charge on any atom is 0.337 e. The molecule has 2 amide bonds. The SMILES string of the molecule is CCOC(=O)C1CCN(CCN(Cc2cccc(C(=O)Nc3sc4c(c3C(=O)Nc3ccc(CCc5ccc(C(=O)OC)cc5)cc3)CCCC4)c2)C(CC)CC)CC1. The van der Waals surface area contributed by atoms with Gasteiger partial charge in [-0.05, 0) is 143 Å². The molecule has 2 N–H and O–H groups in total. The van der Waals surface area contributed by atoms with Gasteiger partial charge in [0.2, 0.25) is 0 Å². The van der Waals surface area contributed by atoms with Crippen LogP contribution in [0.4, 0.5) is 10.7 Å². The van der Waals surface area contributed by atoms with Gasteiger partial charge in [0.25, 0.3) is 11.8 Å². The molecular weight excluding hydrogens is 761 g/mol. The molecule has 0 unspecified atom stereocenters. The summed E-state index contributed by atoms with van der Waals surface area (Å²) in [6, 6.07) is 23.7. The number of aryl methyl sites for hydroxylation is 3. The minimum atomic E-state index is -0.346. The van der Waals surface area contributed by atoms with Crippen molar-refractivity contribution >= 4 is 45.8 Å². The molecule has 2 aliphatic rings.